The van der Waals surface area contributed by atoms with Gasteiger partial charge in [0.05, 0.1) is 5.71 Å². The van der Waals surface area contributed by atoms with E-state index in [-0.39, 0.29) is 12.3 Å². The van der Waals surface area contributed by atoms with Gasteiger partial charge >= 0.3 is 0 Å². The van der Waals surface area contributed by atoms with Crippen molar-refractivity contribution in [2.75, 3.05) is 19.6 Å². The highest BCUT2D eigenvalue weighted by Crippen LogP contribution is 2.22. The van der Waals surface area contributed by atoms with Crippen LogP contribution in [-0.2, 0) is 6.42 Å². The van der Waals surface area contributed by atoms with E-state index in [0.29, 0.717) is 11.3 Å². The average Bonchev–Trinajstić information content (AvgIpc) is 2.47. The lowest BCUT2D eigenvalue weighted by Crippen LogP contribution is -2.36. The quantitative estimate of drug-likeness (QED) is 0.523. The van der Waals surface area contributed by atoms with E-state index in [9.17, 15) is 14.0 Å². The molecule has 1 fully saturated rings. The lowest BCUT2D eigenvalue weighted by atomic mass is 9.88. The van der Waals surface area contributed by atoms with E-state index in [2.05, 4.69) is 17.0 Å². The van der Waals surface area contributed by atoms with Crippen molar-refractivity contribution in [2.24, 2.45) is 11.1 Å². The molecule has 1 aromatic carbocycles. The van der Waals surface area contributed by atoms with Crippen LogP contribution in [0.4, 0.5) is 8.78 Å². The largest absolute Gasteiger partial charge is 0.411 e. The van der Waals surface area contributed by atoms with Crippen molar-refractivity contribution < 1.29 is 14.0 Å². The number of hydrogen-bond acceptors (Lipinski definition) is 3. The Labute approximate surface area is 117 Å². The van der Waals surface area contributed by atoms with Gasteiger partial charge in [0.1, 0.15) is 11.6 Å². The van der Waals surface area contributed by atoms with Gasteiger partial charge in [0.2, 0.25) is 0 Å². The summed E-state index contributed by atoms with van der Waals surface area (Å²) in [6.45, 7) is 5.07. The van der Waals surface area contributed by atoms with Crippen LogP contribution < -0.4 is 0 Å². The average molecular weight is 282 g/mol. The van der Waals surface area contributed by atoms with Gasteiger partial charge in [0, 0.05) is 18.4 Å². The molecular formula is C15H20F2N2O. The van der Waals surface area contributed by atoms with Gasteiger partial charge in [-0.2, -0.15) is 0 Å². The number of benzene rings is 1. The third-order valence-corrected chi connectivity index (χ3v) is 4.02. The summed E-state index contributed by atoms with van der Waals surface area (Å²) in [6.07, 6.45) is 2.06. The highest BCUT2D eigenvalue weighted by molar-refractivity contribution is 5.88. The smallest absolute Gasteiger partial charge is 0.129 e. The topological polar surface area (TPSA) is 35.8 Å². The van der Waals surface area contributed by atoms with Crippen molar-refractivity contribution in [1.29, 1.82) is 0 Å². The standard InChI is InChI=1S/C15H20F2N2O/c1-2-19-7-5-11(6-8-19)15(18-20)9-12-3-4-13(16)10-14(12)17/h3-4,10-11,20H,2,5-9H2,1H3/b18-15+. The third-order valence-electron chi connectivity index (χ3n) is 4.02. The van der Waals surface area contributed by atoms with E-state index in [1.807, 2.05) is 0 Å². The molecule has 0 atom stereocenters. The minimum absolute atomic E-state index is 0.173. The normalized spacial score (nSPS) is 18.4. The zero-order chi connectivity index (χ0) is 14.5. The van der Waals surface area contributed by atoms with Gasteiger partial charge in [-0.25, -0.2) is 8.78 Å². The molecule has 1 aliphatic rings. The first kappa shape index (κ1) is 14.9. The predicted molar refractivity (Wildman–Crippen MR) is 74.1 cm³/mol. The minimum Gasteiger partial charge on any atom is -0.411 e. The molecule has 2 rings (SSSR count). The second-order valence-electron chi connectivity index (χ2n) is 5.21. The summed E-state index contributed by atoms with van der Waals surface area (Å²) >= 11 is 0. The highest BCUT2D eigenvalue weighted by atomic mass is 19.1. The number of nitrogens with zero attached hydrogens (tertiary/aromatic N) is 2. The third kappa shape index (κ3) is 3.54. The number of piperidine rings is 1. The van der Waals surface area contributed by atoms with Gasteiger partial charge in [-0.3, -0.25) is 0 Å². The molecule has 0 unspecified atom stereocenters. The minimum atomic E-state index is -0.593. The Bertz CT molecular complexity index is 483. The highest BCUT2D eigenvalue weighted by Gasteiger charge is 2.24. The molecule has 1 N–H and O–H groups in total. The molecule has 0 spiro atoms. The summed E-state index contributed by atoms with van der Waals surface area (Å²) < 4.78 is 26.5. The molecule has 3 nitrogen and oxygen atoms in total. The van der Waals surface area contributed by atoms with Crippen LogP contribution in [0.5, 0.6) is 0 Å². The molecule has 1 saturated heterocycles. The Morgan fingerprint density at radius 3 is 2.60 bits per heavy atom. The lowest BCUT2D eigenvalue weighted by Gasteiger charge is -2.31. The first-order chi connectivity index (χ1) is 9.63. The molecule has 0 amide bonds. The Kier molecular flexibility index (Phi) is 5.06. The van der Waals surface area contributed by atoms with Gasteiger partial charge in [-0.1, -0.05) is 18.1 Å². The maximum absolute atomic E-state index is 13.6. The summed E-state index contributed by atoms with van der Waals surface area (Å²) in [5.74, 6) is -1.01. The van der Waals surface area contributed by atoms with E-state index in [0.717, 1.165) is 38.5 Å². The summed E-state index contributed by atoms with van der Waals surface area (Å²) in [5.41, 5.74) is 0.961. The molecule has 1 aliphatic heterocycles. The van der Waals surface area contributed by atoms with Gasteiger partial charge in [0.25, 0.3) is 0 Å². The zero-order valence-corrected chi connectivity index (χ0v) is 11.6. The van der Waals surface area contributed by atoms with Gasteiger partial charge in [-0.15, -0.1) is 0 Å². The molecule has 110 valence electrons. The number of oxime groups is 1. The first-order valence-corrected chi connectivity index (χ1v) is 7.01. The molecule has 0 bridgehead atoms. The monoisotopic (exact) mass is 282 g/mol. The zero-order valence-electron chi connectivity index (χ0n) is 11.6. The fraction of sp³-hybridized carbons (Fsp3) is 0.533. The second kappa shape index (κ2) is 6.79. The van der Waals surface area contributed by atoms with Crippen LogP contribution in [0.2, 0.25) is 0 Å². The van der Waals surface area contributed by atoms with Crippen LogP contribution in [0, 0.1) is 17.6 Å². The van der Waals surface area contributed by atoms with Crippen LogP contribution >= 0.6 is 0 Å². The molecule has 20 heavy (non-hydrogen) atoms. The first-order valence-electron chi connectivity index (χ1n) is 7.01. The van der Waals surface area contributed by atoms with Crippen LogP contribution in [-0.4, -0.2) is 35.5 Å². The molecule has 5 heteroatoms. The van der Waals surface area contributed by atoms with Crippen molar-refractivity contribution in [3.8, 4) is 0 Å². The SMILES string of the molecule is CCN1CCC(/C(Cc2ccc(F)cc2F)=N/O)CC1. The Balaban J connectivity index is 2.03. The molecule has 0 aliphatic carbocycles. The number of rotatable bonds is 4. The van der Waals surface area contributed by atoms with Gasteiger partial charge < -0.3 is 10.1 Å². The molecule has 0 aromatic heterocycles. The second-order valence-corrected chi connectivity index (χ2v) is 5.21. The van der Waals surface area contributed by atoms with Crippen LogP contribution in [0.1, 0.15) is 25.3 Å². The molecule has 0 saturated carbocycles. The van der Waals surface area contributed by atoms with Crippen molar-refractivity contribution in [1.82, 2.24) is 4.90 Å². The number of halogens is 2. The summed E-state index contributed by atoms with van der Waals surface area (Å²) in [6, 6.07) is 3.51. The van der Waals surface area contributed by atoms with E-state index in [1.165, 1.54) is 12.1 Å². The Morgan fingerprint density at radius 1 is 1.35 bits per heavy atom. The predicted octanol–water partition coefficient (Wildman–Crippen LogP) is 3.07. The van der Waals surface area contributed by atoms with E-state index < -0.39 is 11.6 Å². The van der Waals surface area contributed by atoms with Crippen LogP contribution in [0.3, 0.4) is 0 Å². The van der Waals surface area contributed by atoms with Crippen LogP contribution in [0.15, 0.2) is 23.4 Å². The van der Waals surface area contributed by atoms with E-state index in [1.54, 1.807) is 0 Å². The van der Waals surface area contributed by atoms with Crippen molar-refractivity contribution in [3.05, 3.63) is 35.4 Å². The molecule has 1 aromatic rings. The summed E-state index contributed by atoms with van der Waals surface area (Å²) in [4.78, 5) is 2.34. The maximum atomic E-state index is 13.6. The van der Waals surface area contributed by atoms with Gasteiger partial charge in [0.15, 0.2) is 0 Å². The van der Waals surface area contributed by atoms with Crippen molar-refractivity contribution >= 4 is 5.71 Å². The van der Waals surface area contributed by atoms with Crippen molar-refractivity contribution in [2.45, 2.75) is 26.2 Å². The molecule has 1 heterocycles. The van der Waals surface area contributed by atoms with Crippen LogP contribution in [0.25, 0.3) is 0 Å². The molecular weight excluding hydrogens is 262 g/mol. The summed E-state index contributed by atoms with van der Waals surface area (Å²) in [7, 11) is 0. The van der Waals surface area contributed by atoms with E-state index >= 15 is 0 Å². The Morgan fingerprint density at radius 2 is 2.05 bits per heavy atom. The lowest BCUT2D eigenvalue weighted by molar-refractivity contribution is 0.215. The fourth-order valence-electron chi connectivity index (χ4n) is 2.70. The molecule has 0 radical (unpaired) electrons. The van der Waals surface area contributed by atoms with E-state index in [4.69, 9.17) is 0 Å². The van der Waals surface area contributed by atoms with Crippen molar-refractivity contribution in [3.63, 3.8) is 0 Å². The number of hydrogen-bond donors (Lipinski definition) is 1. The Hall–Kier alpha value is -1.49. The fourth-order valence-corrected chi connectivity index (χ4v) is 2.70. The van der Waals surface area contributed by atoms with Gasteiger partial charge in [-0.05, 0) is 44.1 Å². The number of likely N-dealkylation sites (tertiary alicyclic amines) is 1. The maximum Gasteiger partial charge on any atom is 0.129 e. The summed E-state index contributed by atoms with van der Waals surface area (Å²) in [5, 5.41) is 12.5.